The maximum atomic E-state index is 14.2. The maximum absolute atomic E-state index is 14.2. The molecule has 0 unspecified atom stereocenters. The molecule has 2 aromatic carbocycles. The van der Waals surface area contributed by atoms with Gasteiger partial charge in [-0.2, -0.15) is 0 Å². The molecule has 0 bridgehead atoms. The third-order valence-electron chi connectivity index (χ3n) is 5.93. The van der Waals surface area contributed by atoms with Crippen LogP contribution in [0.4, 0.5) is 15.1 Å². The van der Waals surface area contributed by atoms with E-state index < -0.39 is 17.6 Å². The van der Waals surface area contributed by atoms with Gasteiger partial charge in [0, 0.05) is 10.3 Å². The molecule has 1 aliphatic carbocycles. The van der Waals surface area contributed by atoms with E-state index in [0.717, 1.165) is 36.1 Å². The van der Waals surface area contributed by atoms with Gasteiger partial charge >= 0.3 is 0 Å². The number of nitrogens with one attached hydrogen (secondary N) is 1. The van der Waals surface area contributed by atoms with E-state index in [1.807, 2.05) is 0 Å². The molecule has 0 spiro atoms. The minimum atomic E-state index is -0.607. The van der Waals surface area contributed by atoms with E-state index in [-0.39, 0.29) is 16.8 Å². The van der Waals surface area contributed by atoms with Crippen LogP contribution >= 0.6 is 11.3 Å². The predicted octanol–water partition coefficient (Wildman–Crippen LogP) is 5.10. The number of para-hydroxylation sites is 2. The Kier molecular flexibility index (Phi) is 6.08. The number of anilines is 1. The summed E-state index contributed by atoms with van der Waals surface area (Å²) in [6, 6.07) is 12.7. The van der Waals surface area contributed by atoms with Gasteiger partial charge in [0.2, 0.25) is 5.55 Å². The van der Waals surface area contributed by atoms with Crippen LogP contribution in [0.15, 0.2) is 57.9 Å². The summed E-state index contributed by atoms with van der Waals surface area (Å²) in [6.45, 7) is 0. The van der Waals surface area contributed by atoms with E-state index >= 15 is 0 Å². The van der Waals surface area contributed by atoms with Crippen molar-refractivity contribution in [2.45, 2.75) is 25.7 Å². The second-order valence-corrected chi connectivity index (χ2v) is 9.23. The molecule has 35 heavy (non-hydrogen) atoms. The fourth-order valence-electron chi connectivity index (χ4n) is 4.26. The van der Waals surface area contributed by atoms with Gasteiger partial charge in [-0.25, -0.2) is 9.38 Å². The Bertz CT molecular complexity index is 1540. The Balaban J connectivity index is 1.73. The Morgan fingerprint density at radius 2 is 1.94 bits per heavy atom. The average molecular weight is 492 g/mol. The SMILES string of the molecule is COc1cccc2cc(C(=O)Nc3ccccc3F)c(=Nc3sc4c(c3C(N)=O)CCCC4)oc12. The summed E-state index contributed by atoms with van der Waals surface area (Å²) in [7, 11) is 1.51. The Morgan fingerprint density at radius 3 is 2.71 bits per heavy atom. The number of primary amides is 1. The molecular weight excluding hydrogens is 469 g/mol. The van der Waals surface area contributed by atoms with Crippen LogP contribution in [0.25, 0.3) is 11.0 Å². The molecule has 0 aliphatic heterocycles. The van der Waals surface area contributed by atoms with Gasteiger partial charge in [-0.1, -0.05) is 24.3 Å². The van der Waals surface area contributed by atoms with Crippen LogP contribution in [0.3, 0.4) is 0 Å². The maximum Gasteiger partial charge on any atom is 0.261 e. The average Bonchev–Trinajstić information content (AvgIpc) is 3.22. The molecule has 0 atom stereocenters. The zero-order valence-electron chi connectivity index (χ0n) is 18.9. The highest BCUT2D eigenvalue weighted by Crippen LogP contribution is 2.39. The molecular formula is C26H22FN3O4S. The van der Waals surface area contributed by atoms with Crippen molar-refractivity contribution in [1.29, 1.82) is 0 Å². The summed E-state index contributed by atoms with van der Waals surface area (Å²) < 4.78 is 25.7. The van der Waals surface area contributed by atoms with Crippen molar-refractivity contribution in [3.63, 3.8) is 0 Å². The van der Waals surface area contributed by atoms with Crippen molar-refractivity contribution in [3.8, 4) is 5.75 Å². The first-order valence-corrected chi connectivity index (χ1v) is 11.9. The van der Waals surface area contributed by atoms with Crippen LogP contribution in [0, 0.1) is 5.82 Å². The summed E-state index contributed by atoms with van der Waals surface area (Å²) in [4.78, 5) is 31.3. The quantitative estimate of drug-likeness (QED) is 0.405. The number of rotatable bonds is 5. The zero-order chi connectivity index (χ0) is 24.5. The number of amides is 2. The standard InChI is InChI=1S/C26H22FN3O4S/c1-33-19-11-6-7-14-13-16(24(32)29-18-10-4-3-9-17(18)27)25(34-22(14)19)30-26-21(23(28)31)15-8-2-5-12-20(15)35-26/h3-4,6-7,9-11,13H,2,5,8,12H2,1H3,(H2,28,31)(H,29,32). The normalized spacial score (nSPS) is 13.5. The van der Waals surface area contributed by atoms with Crippen molar-refractivity contribution in [2.24, 2.45) is 10.7 Å². The van der Waals surface area contributed by atoms with Gasteiger partial charge in [0.05, 0.1) is 18.4 Å². The highest BCUT2D eigenvalue weighted by molar-refractivity contribution is 7.16. The minimum absolute atomic E-state index is 0.0265. The number of halogens is 1. The van der Waals surface area contributed by atoms with E-state index in [1.54, 1.807) is 30.3 Å². The number of nitrogens with two attached hydrogens (primary N) is 1. The molecule has 1 aliphatic rings. The lowest BCUT2D eigenvalue weighted by Gasteiger charge is -2.11. The van der Waals surface area contributed by atoms with Gasteiger partial charge in [-0.15, -0.1) is 11.3 Å². The number of carbonyl (C=O) groups excluding carboxylic acids is 2. The van der Waals surface area contributed by atoms with Crippen LogP contribution in [-0.2, 0) is 12.8 Å². The largest absolute Gasteiger partial charge is 0.493 e. The van der Waals surface area contributed by atoms with Crippen molar-refractivity contribution in [3.05, 3.63) is 81.5 Å². The van der Waals surface area contributed by atoms with Crippen LogP contribution in [-0.4, -0.2) is 18.9 Å². The molecule has 0 radical (unpaired) electrons. The lowest BCUT2D eigenvalue weighted by atomic mass is 9.95. The Labute approximate surface area is 204 Å². The second kappa shape index (κ2) is 9.34. The van der Waals surface area contributed by atoms with E-state index in [2.05, 4.69) is 10.3 Å². The van der Waals surface area contributed by atoms with Crippen LogP contribution in [0.1, 0.15) is 44.0 Å². The number of thiophene rings is 1. The second-order valence-electron chi connectivity index (χ2n) is 8.14. The molecule has 9 heteroatoms. The summed E-state index contributed by atoms with van der Waals surface area (Å²) in [5.41, 5.74) is 7.47. The number of nitrogens with zero attached hydrogens (tertiary/aromatic N) is 1. The number of benzene rings is 2. The number of ether oxygens (including phenoxy) is 1. The van der Waals surface area contributed by atoms with E-state index in [1.165, 1.54) is 36.6 Å². The van der Waals surface area contributed by atoms with Crippen molar-refractivity contribution in [1.82, 2.24) is 0 Å². The first-order valence-electron chi connectivity index (χ1n) is 11.1. The Hall–Kier alpha value is -3.98. The van der Waals surface area contributed by atoms with Gasteiger partial charge in [0.1, 0.15) is 16.4 Å². The fourth-order valence-corrected chi connectivity index (χ4v) is 5.52. The van der Waals surface area contributed by atoms with Gasteiger partial charge in [-0.05, 0) is 55.5 Å². The molecule has 4 aromatic rings. The van der Waals surface area contributed by atoms with Crippen LogP contribution < -0.4 is 21.3 Å². The predicted molar refractivity (Wildman–Crippen MR) is 132 cm³/mol. The molecule has 0 saturated heterocycles. The molecule has 178 valence electrons. The molecule has 0 fully saturated rings. The number of hydrogen-bond acceptors (Lipinski definition) is 6. The van der Waals surface area contributed by atoms with Gasteiger partial charge in [0.25, 0.3) is 11.8 Å². The number of aryl methyl sites for hydroxylation is 1. The number of fused-ring (bicyclic) bond motifs is 2. The van der Waals surface area contributed by atoms with Crippen LogP contribution in [0.2, 0.25) is 0 Å². The highest BCUT2D eigenvalue weighted by atomic mass is 32.1. The molecule has 2 amide bonds. The lowest BCUT2D eigenvalue weighted by molar-refractivity contribution is 0.0997. The first-order chi connectivity index (χ1) is 17.0. The first kappa shape index (κ1) is 22.8. The van der Waals surface area contributed by atoms with E-state index in [4.69, 9.17) is 14.9 Å². The van der Waals surface area contributed by atoms with Crippen molar-refractivity contribution < 1.29 is 23.1 Å². The molecule has 5 rings (SSSR count). The molecule has 2 aromatic heterocycles. The molecule has 0 saturated carbocycles. The van der Waals surface area contributed by atoms with Crippen LogP contribution in [0.5, 0.6) is 5.75 Å². The molecule has 2 heterocycles. The van der Waals surface area contributed by atoms with E-state index in [0.29, 0.717) is 27.3 Å². The lowest BCUT2D eigenvalue weighted by Crippen LogP contribution is -2.22. The topological polar surface area (TPSA) is 107 Å². The third-order valence-corrected chi connectivity index (χ3v) is 7.11. The minimum Gasteiger partial charge on any atom is -0.493 e. The summed E-state index contributed by atoms with van der Waals surface area (Å²) >= 11 is 1.38. The highest BCUT2D eigenvalue weighted by Gasteiger charge is 2.25. The van der Waals surface area contributed by atoms with Gasteiger partial charge in [0.15, 0.2) is 11.3 Å². The molecule has 3 N–H and O–H groups in total. The summed E-state index contributed by atoms with van der Waals surface area (Å²) in [6.07, 6.45) is 3.60. The fraction of sp³-hybridized carbons (Fsp3) is 0.192. The van der Waals surface area contributed by atoms with E-state index in [9.17, 15) is 14.0 Å². The monoisotopic (exact) mass is 491 g/mol. The van der Waals surface area contributed by atoms with Gasteiger partial charge in [-0.3, -0.25) is 9.59 Å². The van der Waals surface area contributed by atoms with Gasteiger partial charge < -0.3 is 20.2 Å². The zero-order valence-corrected chi connectivity index (χ0v) is 19.7. The van der Waals surface area contributed by atoms with Crippen molar-refractivity contribution in [2.75, 3.05) is 12.4 Å². The number of methoxy groups -OCH3 is 1. The smallest absolute Gasteiger partial charge is 0.261 e. The third kappa shape index (κ3) is 4.30. The van der Waals surface area contributed by atoms with Crippen molar-refractivity contribution >= 4 is 44.8 Å². The molecule has 7 nitrogen and oxygen atoms in total. The Morgan fingerprint density at radius 1 is 1.14 bits per heavy atom. The number of hydrogen-bond donors (Lipinski definition) is 2. The number of carbonyl (C=O) groups is 2. The summed E-state index contributed by atoms with van der Waals surface area (Å²) in [5, 5.41) is 3.57. The summed E-state index contributed by atoms with van der Waals surface area (Å²) in [5.74, 6) is -1.29.